The van der Waals surface area contributed by atoms with Crippen molar-refractivity contribution < 1.29 is 14.2 Å². The molecule has 0 unspecified atom stereocenters. The molecule has 2 aromatic rings. The van der Waals surface area contributed by atoms with E-state index >= 15 is 0 Å². The van der Waals surface area contributed by atoms with Crippen molar-refractivity contribution in [2.45, 2.75) is 0 Å². The summed E-state index contributed by atoms with van der Waals surface area (Å²) in [5.41, 5.74) is 0. The number of rotatable bonds is 5. The molecular formula is C14H15FN2O2. The summed E-state index contributed by atoms with van der Waals surface area (Å²) >= 11 is 0. The SMILES string of the molecule is CN(CCO)c1cc(Oc2ccc(F)cc2)ccn1. The van der Waals surface area contributed by atoms with Crippen molar-refractivity contribution in [2.75, 3.05) is 25.1 Å². The van der Waals surface area contributed by atoms with Crippen molar-refractivity contribution >= 4 is 5.82 Å². The third kappa shape index (κ3) is 3.66. The van der Waals surface area contributed by atoms with Crippen LogP contribution in [0.15, 0.2) is 42.6 Å². The summed E-state index contributed by atoms with van der Waals surface area (Å²) < 4.78 is 18.4. The lowest BCUT2D eigenvalue weighted by atomic mass is 10.3. The van der Waals surface area contributed by atoms with Crippen molar-refractivity contribution in [1.29, 1.82) is 0 Å². The molecule has 1 aromatic carbocycles. The first-order valence-electron chi connectivity index (χ1n) is 5.90. The molecule has 0 bridgehead atoms. The summed E-state index contributed by atoms with van der Waals surface area (Å²) in [6, 6.07) is 9.29. The lowest BCUT2D eigenvalue weighted by Crippen LogP contribution is -2.21. The topological polar surface area (TPSA) is 45.6 Å². The van der Waals surface area contributed by atoms with Crippen molar-refractivity contribution in [3.63, 3.8) is 0 Å². The molecular weight excluding hydrogens is 247 g/mol. The van der Waals surface area contributed by atoms with Crippen LogP contribution < -0.4 is 9.64 Å². The average molecular weight is 262 g/mol. The van der Waals surface area contributed by atoms with Crippen LogP contribution in [0.5, 0.6) is 11.5 Å². The highest BCUT2D eigenvalue weighted by atomic mass is 19.1. The van der Waals surface area contributed by atoms with E-state index in [4.69, 9.17) is 9.84 Å². The van der Waals surface area contributed by atoms with Crippen LogP contribution in [0.1, 0.15) is 0 Å². The second-order valence-electron chi connectivity index (χ2n) is 4.05. The summed E-state index contributed by atoms with van der Waals surface area (Å²) in [4.78, 5) is 6.01. The molecule has 100 valence electrons. The van der Waals surface area contributed by atoms with E-state index in [0.29, 0.717) is 23.9 Å². The predicted molar refractivity (Wildman–Crippen MR) is 71.1 cm³/mol. The zero-order valence-corrected chi connectivity index (χ0v) is 10.6. The van der Waals surface area contributed by atoms with E-state index < -0.39 is 0 Å². The van der Waals surface area contributed by atoms with Crippen molar-refractivity contribution in [1.82, 2.24) is 4.98 Å². The minimum absolute atomic E-state index is 0.0568. The zero-order valence-electron chi connectivity index (χ0n) is 10.6. The molecule has 0 aliphatic carbocycles. The van der Waals surface area contributed by atoms with Gasteiger partial charge in [0.25, 0.3) is 0 Å². The van der Waals surface area contributed by atoms with Crippen LogP contribution in [-0.4, -0.2) is 30.3 Å². The number of benzene rings is 1. The Hall–Kier alpha value is -2.14. The first-order chi connectivity index (χ1) is 9.19. The van der Waals surface area contributed by atoms with Crippen LogP contribution in [0.3, 0.4) is 0 Å². The number of aliphatic hydroxyl groups is 1. The van der Waals surface area contributed by atoms with Crippen LogP contribution in [-0.2, 0) is 0 Å². The van der Waals surface area contributed by atoms with Gasteiger partial charge in [-0.05, 0) is 30.3 Å². The Labute approximate surface area is 111 Å². The van der Waals surface area contributed by atoms with E-state index in [1.54, 1.807) is 30.5 Å². The number of aliphatic hydroxyl groups excluding tert-OH is 1. The smallest absolute Gasteiger partial charge is 0.132 e. The highest BCUT2D eigenvalue weighted by Gasteiger charge is 2.04. The van der Waals surface area contributed by atoms with Gasteiger partial charge < -0.3 is 14.7 Å². The third-order valence-electron chi connectivity index (χ3n) is 2.59. The van der Waals surface area contributed by atoms with Crippen LogP contribution in [0, 0.1) is 5.82 Å². The number of hydrogen-bond donors (Lipinski definition) is 1. The molecule has 0 saturated heterocycles. The van der Waals surface area contributed by atoms with Gasteiger partial charge in [0.1, 0.15) is 23.1 Å². The Kier molecular flexibility index (Phi) is 4.30. The standard InChI is InChI=1S/C14H15FN2O2/c1-17(8-9-18)14-10-13(6-7-16-14)19-12-4-2-11(15)3-5-12/h2-7,10,18H,8-9H2,1H3. The summed E-state index contributed by atoms with van der Waals surface area (Å²) in [5, 5.41) is 8.89. The summed E-state index contributed by atoms with van der Waals surface area (Å²) in [6.45, 7) is 0.550. The lowest BCUT2D eigenvalue weighted by Gasteiger charge is -2.17. The number of pyridine rings is 1. The largest absolute Gasteiger partial charge is 0.457 e. The van der Waals surface area contributed by atoms with Gasteiger partial charge >= 0.3 is 0 Å². The molecule has 0 aliphatic rings. The fourth-order valence-electron chi connectivity index (χ4n) is 1.58. The molecule has 0 amide bonds. The summed E-state index contributed by atoms with van der Waals surface area (Å²) in [6.07, 6.45) is 1.63. The van der Waals surface area contributed by atoms with E-state index in [-0.39, 0.29) is 12.4 Å². The number of likely N-dealkylation sites (N-methyl/N-ethyl adjacent to an activating group) is 1. The summed E-state index contributed by atoms with van der Waals surface area (Å²) in [5.74, 6) is 1.57. The zero-order chi connectivity index (χ0) is 13.7. The van der Waals surface area contributed by atoms with Gasteiger partial charge in [-0.15, -0.1) is 0 Å². The minimum atomic E-state index is -0.301. The van der Waals surface area contributed by atoms with Crippen LogP contribution in [0.4, 0.5) is 10.2 Å². The first-order valence-corrected chi connectivity index (χ1v) is 5.90. The maximum atomic E-state index is 12.8. The van der Waals surface area contributed by atoms with Crippen LogP contribution in [0.25, 0.3) is 0 Å². The molecule has 0 saturated carbocycles. The monoisotopic (exact) mass is 262 g/mol. The maximum absolute atomic E-state index is 12.8. The first kappa shape index (κ1) is 13.3. The second kappa shape index (κ2) is 6.15. The van der Waals surface area contributed by atoms with E-state index in [2.05, 4.69) is 4.98 Å². The third-order valence-corrected chi connectivity index (χ3v) is 2.59. The average Bonchev–Trinajstić information content (AvgIpc) is 2.42. The molecule has 19 heavy (non-hydrogen) atoms. The van der Waals surface area contributed by atoms with Crippen LogP contribution >= 0.6 is 0 Å². The number of hydrogen-bond acceptors (Lipinski definition) is 4. The number of nitrogens with zero attached hydrogens (tertiary/aromatic N) is 2. The maximum Gasteiger partial charge on any atom is 0.132 e. The Bertz CT molecular complexity index is 531. The fraction of sp³-hybridized carbons (Fsp3) is 0.214. The van der Waals surface area contributed by atoms with E-state index in [1.165, 1.54) is 12.1 Å². The van der Waals surface area contributed by atoms with E-state index in [9.17, 15) is 4.39 Å². The molecule has 1 N–H and O–H groups in total. The lowest BCUT2D eigenvalue weighted by molar-refractivity contribution is 0.304. The van der Waals surface area contributed by atoms with Gasteiger partial charge in [0.05, 0.1) is 6.61 Å². The Balaban J connectivity index is 2.12. The van der Waals surface area contributed by atoms with Crippen molar-refractivity contribution in [3.05, 3.63) is 48.4 Å². The molecule has 0 radical (unpaired) electrons. The minimum Gasteiger partial charge on any atom is -0.457 e. The molecule has 4 nitrogen and oxygen atoms in total. The fourth-order valence-corrected chi connectivity index (χ4v) is 1.58. The number of ether oxygens (including phenoxy) is 1. The Morgan fingerprint density at radius 2 is 1.95 bits per heavy atom. The number of aromatic nitrogens is 1. The highest BCUT2D eigenvalue weighted by molar-refractivity contribution is 5.44. The van der Waals surface area contributed by atoms with Gasteiger partial charge in [0.15, 0.2) is 0 Å². The number of halogens is 1. The van der Waals surface area contributed by atoms with Gasteiger partial charge in [-0.2, -0.15) is 0 Å². The van der Waals surface area contributed by atoms with Gasteiger partial charge in [-0.1, -0.05) is 0 Å². The van der Waals surface area contributed by atoms with E-state index in [1.807, 2.05) is 11.9 Å². The second-order valence-corrected chi connectivity index (χ2v) is 4.05. The Morgan fingerprint density at radius 1 is 1.21 bits per heavy atom. The predicted octanol–water partition coefficient (Wildman–Crippen LogP) is 2.44. The van der Waals surface area contributed by atoms with Gasteiger partial charge in [0.2, 0.25) is 0 Å². The molecule has 5 heteroatoms. The molecule has 0 atom stereocenters. The van der Waals surface area contributed by atoms with E-state index in [0.717, 1.165) is 0 Å². The van der Waals surface area contributed by atoms with Gasteiger partial charge in [-0.3, -0.25) is 0 Å². The quantitative estimate of drug-likeness (QED) is 0.899. The van der Waals surface area contributed by atoms with Crippen molar-refractivity contribution in [2.24, 2.45) is 0 Å². The van der Waals surface area contributed by atoms with Crippen molar-refractivity contribution in [3.8, 4) is 11.5 Å². The molecule has 2 rings (SSSR count). The molecule has 0 aliphatic heterocycles. The highest BCUT2D eigenvalue weighted by Crippen LogP contribution is 2.23. The number of anilines is 1. The summed E-state index contributed by atoms with van der Waals surface area (Å²) in [7, 11) is 1.83. The molecule has 0 fully saturated rings. The normalized spacial score (nSPS) is 10.3. The van der Waals surface area contributed by atoms with Gasteiger partial charge in [0, 0.05) is 25.9 Å². The molecule has 1 heterocycles. The molecule has 1 aromatic heterocycles. The van der Waals surface area contributed by atoms with Crippen LogP contribution in [0.2, 0.25) is 0 Å². The van der Waals surface area contributed by atoms with Gasteiger partial charge in [-0.25, -0.2) is 9.37 Å². The molecule has 0 spiro atoms. The Morgan fingerprint density at radius 3 is 2.63 bits per heavy atom.